The van der Waals surface area contributed by atoms with Gasteiger partial charge in [0.2, 0.25) is 5.91 Å². The number of nitrogens with zero attached hydrogens (tertiary/aromatic N) is 2. The molecule has 29 heavy (non-hydrogen) atoms. The molecule has 1 fully saturated rings. The Kier molecular flexibility index (Phi) is 5.67. The van der Waals surface area contributed by atoms with Gasteiger partial charge in [0.15, 0.2) is 0 Å². The molecule has 7 heteroatoms. The Morgan fingerprint density at radius 3 is 2.59 bits per heavy atom. The zero-order chi connectivity index (χ0) is 20.2. The van der Waals surface area contributed by atoms with E-state index in [9.17, 15) is 9.59 Å². The molecule has 0 aliphatic carbocycles. The number of piperazine rings is 1. The number of carbonyl (C=O) groups is 2. The number of urea groups is 1. The van der Waals surface area contributed by atoms with E-state index in [2.05, 4.69) is 22.8 Å². The highest BCUT2D eigenvalue weighted by Gasteiger charge is 2.24. The van der Waals surface area contributed by atoms with Crippen LogP contribution in [0, 0.1) is 0 Å². The number of ether oxygens (including phenoxy) is 1. The number of amides is 3. The molecule has 1 saturated heterocycles. The van der Waals surface area contributed by atoms with Crippen LogP contribution in [-0.2, 0) is 11.2 Å². The van der Waals surface area contributed by atoms with Crippen LogP contribution < -0.4 is 10.1 Å². The fraction of sp³-hybridized carbons (Fsp3) is 0.273. The van der Waals surface area contributed by atoms with Crippen LogP contribution >= 0.6 is 11.3 Å². The van der Waals surface area contributed by atoms with E-state index in [0.717, 1.165) is 10.9 Å². The number of nitrogens with one attached hydrogen (secondary N) is 1. The van der Waals surface area contributed by atoms with Gasteiger partial charge in [-0.05, 0) is 34.5 Å². The summed E-state index contributed by atoms with van der Waals surface area (Å²) in [6.45, 7) is 2.14. The molecule has 6 nitrogen and oxygen atoms in total. The molecule has 2 heterocycles. The van der Waals surface area contributed by atoms with Crippen LogP contribution in [0.15, 0.2) is 53.9 Å². The Morgan fingerprint density at radius 1 is 1.03 bits per heavy atom. The van der Waals surface area contributed by atoms with Gasteiger partial charge in [-0.2, -0.15) is 0 Å². The average molecular weight is 410 g/mol. The Labute approximate surface area is 173 Å². The lowest BCUT2D eigenvalue weighted by Gasteiger charge is -2.34. The van der Waals surface area contributed by atoms with Crippen molar-refractivity contribution < 1.29 is 14.3 Å². The molecule has 2 aromatic carbocycles. The minimum atomic E-state index is -0.158. The number of fused-ring (bicyclic) bond motifs is 1. The summed E-state index contributed by atoms with van der Waals surface area (Å²) in [7, 11) is 1.59. The molecule has 1 aliphatic rings. The third kappa shape index (κ3) is 4.35. The van der Waals surface area contributed by atoms with Gasteiger partial charge < -0.3 is 19.9 Å². The van der Waals surface area contributed by atoms with E-state index in [1.54, 1.807) is 29.4 Å². The van der Waals surface area contributed by atoms with E-state index >= 15 is 0 Å². The highest BCUT2D eigenvalue weighted by molar-refractivity contribution is 7.17. The van der Waals surface area contributed by atoms with Crippen LogP contribution in [0.4, 0.5) is 10.5 Å². The van der Waals surface area contributed by atoms with E-state index in [0.29, 0.717) is 44.0 Å². The van der Waals surface area contributed by atoms with Crippen LogP contribution in [0.25, 0.3) is 10.1 Å². The van der Waals surface area contributed by atoms with Gasteiger partial charge in [-0.25, -0.2) is 4.79 Å². The maximum Gasteiger partial charge on any atom is 0.321 e. The fourth-order valence-electron chi connectivity index (χ4n) is 3.51. The largest absolute Gasteiger partial charge is 0.497 e. The maximum absolute atomic E-state index is 12.7. The number of benzene rings is 2. The topological polar surface area (TPSA) is 61.9 Å². The van der Waals surface area contributed by atoms with Crippen molar-refractivity contribution in [2.24, 2.45) is 0 Å². The van der Waals surface area contributed by atoms with Crippen LogP contribution in [0.2, 0.25) is 0 Å². The number of rotatable bonds is 4. The van der Waals surface area contributed by atoms with Crippen LogP contribution in [0.3, 0.4) is 0 Å². The second-order valence-corrected chi connectivity index (χ2v) is 7.88. The first-order valence-corrected chi connectivity index (χ1v) is 10.4. The molecule has 150 valence electrons. The van der Waals surface area contributed by atoms with Gasteiger partial charge in [0.25, 0.3) is 0 Å². The molecule has 1 aromatic heterocycles. The summed E-state index contributed by atoms with van der Waals surface area (Å²) in [6.07, 6.45) is 0.403. The van der Waals surface area contributed by atoms with Gasteiger partial charge in [-0.1, -0.05) is 24.3 Å². The molecule has 4 rings (SSSR count). The Balaban J connectivity index is 1.31. The number of hydrogen-bond donors (Lipinski definition) is 1. The number of hydrogen-bond acceptors (Lipinski definition) is 4. The van der Waals surface area contributed by atoms with Crippen molar-refractivity contribution in [3.05, 3.63) is 59.5 Å². The van der Waals surface area contributed by atoms with Gasteiger partial charge in [0.1, 0.15) is 5.75 Å². The van der Waals surface area contributed by atoms with Crippen LogP contribution in [0.1, 0.15) is 5.56 Å². The number of methoxy groups -OCH3 is 1. The Hall–Kier alpha value is -3.06. The molecule has 3 amide bonds. The molecule has 1 aliphatic heterocycles. The van der Waals surface area contributed by atoms with Crippen molar-refractivity contribution in [3.63, 3.8) is 0 Å². The first kappa shape index (κ1) is 19.3. The lowest BCUT2D eigenvalue weighted by molar-refractivity contribution is -0.131. The third-order valence-corrected chi connectivity index (χ3v) is 6.16. The first-order chi connectivity index (χ1) is 14.1. The summed E-state index contributed by atoms with van der Waals surface area (Å²) in [5.41, 5.74) is 1.77. The zero-order valence-electron chi connectivity index (χ0n) is 16.3. The molecule has 0 saturated carbocycles. The number of carbonyl (C=O) groups excluding carboxylic acids is 2. The molecular weight excluding hydrogens is 386 g/mol. The Bertz CT molecular complexity index is 1020. The molecule has 0 bridgehead atoms. The SMILES string of the molecule is COc1cccc(NC(=O)N2CCN(C(=O)Cc3csc4ccccc34)CC2)c1. The normalized spacial score (nSPS) is 14.1. The monoisotopic (exact) mass is 409 g/mol. The minimum absolute atomic E-state index is 0.112. The maximum atomic E-state index is 12.7. The molecule has 0 unspecified atom stereocenters. The summed E-state index contributed by atoms with van der Waals surface area (Å²) in [4.78, 5) is 28.9. The predicted octanol–water partition coefficient (Wildman–Crippen LogP) is 3.83. The van der Waals surface area contributed by atoms with Crippen molar-refractivity contribution in [3.8, 4) is 5.75 Å². The fourth-order valence-corrected chi connectivity index (χ4v) is 4.47. The van der Waals surface area contributed by atoms with Crippen LogP contribution in [0.5, 0.6) is 5.75 Å². The van der Waals surface area contributed by atoms with Crippen molar-refractivity contribution in [2.45, 2.75) is 6.42 Å². The third-order valence-electron chi connectivity index (χ3n) is 5.14. The summed E-state index contributed by atoms with van der Waals surface area (Å²) in [6, 6.07) is 15.3. The van der Waals surface area contributed by atoms with Gasteiger partial charge in [0, 0.05) is 42.6 Å². The number of thiophene rings is 1. The van der Waals surface area contributed by atoms with Gasteiger partial charge >= 0.3 is 6.03 Å². The molecule has 3 aromatic rings. The Morgan fingerprint density at radius 2 is 1.79 bits per heavy atom. The zero-order valence-corrected chi connectivity index (χ0v) is 17.1. The van der Waals surface area contributed by atoms with Crippen molar-refractivity contribution in [1.82, 2.24) is 9.80 Å². The smallest absolute Gasteiger partial charge is 0.321 e. The van der Waals surface area contributed by atoms with E-state index in [1.807, 2.05) is 35.2 Å². The molecule has 0 atom stereocenters. The highest BCUT2D eigenvalue weighted by atomic mass is 32.1. The van der Waals surface area contributed by atoms with E-state index in [1.165, 1.54) is 4.70 Å². The lowest BCUT2D eigenvalue weighted by atomic mass is 10.1. The molecule has 0 spiro atoms. The van der Waals surface area contributed by atoms with Crippen molar-refractivity contribution in [2.75, 3.05) is 38.6 Å². The average Bonchev–Trinajstić information content (AvgIpc) is 3.17. The summed E-state index contributed by atoms with van der Waals surface area (Å²) in [5.74, 6) is 0.806. The standard InChI is InChI=1S/C22H23N3O3S/c1-28-18-6-4-5-17(14-18)23-22(27)25-11-9-24(10-12-25)21(26)13-16-15-29-20-8-3-2-7-19(16)20/h2-8,14-15H,9-13H2,1H3,(H,23,27). The summed E-state index contributed by atoms with van der Waals surface area (Å²) < 4.78 is 6.39. The van der Waals surface area contributed by atoms with Crippen molar-refractivity contribution >= 4 is 39.0 Å². The lowest BCUT2D eigenvalue weighted by Crippen LogP contribution is -2.52. The summed E-state index contributed by atoms with van der Waals surface area (Å²) in [5, 5.41) is 6.12. The second-order valence-electron chi connectivity index (χ2n) is 6.96. The minimum Gasteiger partial charge on any atom is -0.497 e. The van der Waals surface area contributed by atoms with Crippen molar-refractivity contribution in [1.29, 1.82) is 0 Å². The van der Waals surface area contributed by atoms with E-state index in [4.69, 9.17) is 4.74 Å². The van der Waals surface area contributed by atoms with Gasteiger partial charge in [0.05, 0.1) is 13.5 Å². The molecular formula is C22H23N3O3S. The second kappa shape index (κ2) is 8.53. The van der Waals surface area contributed by atoms with Gasteiger partial charge in [-0.15, -0.1) is 11.3 Å². The quantitative estimate of drug-likeness (QED) is 0.712. The first-order valence-electron chi connectivity index (χ1n) is 9.57. The van der Waals surface area contributed by atoms with E-state index < -0.39 is 0 Å². The van der Waals surface area contributed by atoms with E-state index in [-0.39, 0.29) is 11.9 Å². The molecule has 0 radical (unpaired) electrons. The van der Waals surface area contributed by atoms with Crippen LogP contribution in [-0.4, -0.2) is 55.0 Å². The number of anilines is 1. The predicted molar refractivity (Wildman–Crippen MR) is 116 cm³/mol. The highest BCUT2D eigenvalue weighted by Crippen LogP contribution is 2.26. The molecule has 1 N–H and O–H groups in total. The van der Waals surface area contributed by atoms with Gasteiger partial charge in [-0.3, -0.25) is 4.79 Å². The summed E-state index contributed by atoms with van der Waals surface area (Å²) >= 11 is 1.67.